The van der Waals surface area contributed by atoms with Crippen molar-refractivity contribution in [3.8, 4) is 23.3 Å². The molecule has 0 spiro atoms. The van der Waals surface area contributed by atoms with Gasteiger partial charge in [0, 0.05) is 11.8 Å². The largest absolute Gasteiger partial charge is 0.484 e. The molecule has 154 valence electrons. The van der Waals surface area contributed by atoms with Crippen LogP contribution >= 0.6 is 0 Å². The van der Waals surface area contributed by atoms with Crippen LogP contribution in [0.5, 0.6) is 17.2 Å². The summed E-state index contributed by atoms with van der Waals surface area (Å²) in [4.78, 5) is 25.1. The summed E-state index contributed by atoms with van der Waals surface area (Å²) in [6.45, 7) is -0.101. The highest BCUT2D eigenvalue weighted by Crippen LogP contribution is 2.34. The number of hydrogen-bond acceptors (Lipinski definition) is 6. The van der Waals surface area contributed by atoms with Crippen LogP contribution in [0.15, 0.2) is 66.7 Å². The van der Waals surface area contributed by atoms with Crippen molar-refractivity contribution >= 4 is 23.2 Å². The van der Waals surface area contributed by atoms with Crippen molar-refractivity contribution in [3.05, 3.63) is 77.9 Å². The van der Waals surface area contributed by atoms with Gasteiger partial charge >= 0.3 is 0 Å². The molecule has 1 aliphatic rings. The summed E-state index contributed by atoms with van der Waals surface area (Å²) in [5.41, 5.74) is 1.69. The molecule has 8 nitrogen and oxygen atoms in total. The summed E-state index contributed by atoms with van der Waals surface area (Å²) < 4.78 is 16.0. The summed E-state index contributed by atoms with van der Waals surface area (Å²) in [5.74, 6) is 0.825. The molecule has 0 saturated heterocycles. The molecule has 0 atom stereocenters. The fourth-order valence-corrected chi connectivity index (χ4v) is 2.92. The molecule has 0 saturated carbocycles. The third-order valence-electron chi connectivity index (χ3n) is 4.43. The van der Waals surface area contributed by atoms with E-state index in [9.17, 15) is 9.59 Å². The van der Waals surface area contributed by atoms with E-state index in [0.29, 0.717) is 39.8 Å². The number of carbonyl (C=O) groups excluding carboxylic acids is 2. The van der Waals surface area contributed by atoms with Crippen LogP contribution in [-0.4, -0.2) is 25.2 Å². The van der Waals surface area contributed by atoms with E-state index in [-0.39, 0.29) is 19.3 Å². The van der Waals surface area contributed by atoms with Crippen LogP contribution in [0.3, 0.4) is 0 Å². The number of ether oxygens (including phenoxy) is 3. The molecule has 1 heterocycles. The van der Waals surface area contributed by atoms with Crippen LogP contribution in [0.4, 0.5) is 11.4 Å². The molecular formula is C23H17N3O5. The minimum absolute atomic E-state index is 0.145. The number of rotatable bonds is 6. The lowest BCUT2D eigenvalue weighted by Gasteiger charge is -2.12. The van der Waals surface area contributed by atoms with E-state index in [2.05, 4.69) is 10.6 Å². The second-order valence-corrected chi connectivity index (χ2v) is 6.54. The lowest BCUT2D eigenvalue weighted by Crippen LogP contribution is -2.22. The van der Waals surface area contributed by atoms with Gasteiger partial charge in [0.2, 0.25) is 6.79 Å². The number of nitrogens with one attached hydrogen (secondary N) is 2. The SMILES string of the molecule is N#Cc1ccc(OCC(=O)Nc2ccccc2C(=O)Nc2ccc3c(c2)OCO3)cc1. The number of benzene rings is 3. The number of nitriles is 1. The second kappa shape index (κ2) is 8.88. The highest BCUT2D eigenvalue weighted by atomic mass is 16.7. The lowest BCUT2D eigenvalue weighted by molar-refractivity contribution is -0.118. The first-order valence-corrected chi connectivity index (χ1v) is 9.35. The zero-order valence-electron chi connectivity index (χ0n) is 16.3. The maximum atomic E-state index is 12.8. The summed E-state index contributed by atoms with van der Waals surface area (Å²) in [5, 5.41) is 14.3. The van der Waals surface area contributed by atoms with E-state index < -0.39 is 5.91 Å². The van der Waals surface area contributed by atoms with Gasteiger partial charge in [-0.25, -0.2) is 0 Å². The lowest BCUT2D eigenvalue weighted by atomic mass is 10.1. The number of anilines is 2. The minimum Gasteiger partial charge on any atom is -0.484 e. The van der Waals surface area contributed by atoms with Crippen molar-refractivity contribution in [2.45, 2.75) is 0 Å². The molecule has 2 N–H and O–H groups in total. The highest BCUT2D eigenvalue weighted by Gasteiger charge is 2.17. The summed E-state index contributed by atoms with van der Waals surface area (Å²) in [6.07, 6.45) is 0. The van der Waals surface area contributed by atoms with Gasteiger partial charge < -0.3 is 24.8 Å². The van der Waals surface area contributed by atoms with E-state index in [0.717, 1.165) is 0 Å². The van der Waals surface area contributed by atoms with Crippen LogP contribution in [0, 0.1) is 11.3 Å². The minimum atomic E-state index is -0.423. The molecule has 0 aromatic heterocycles. The summed E-state index contributed by atoms with van der Waals surface area (Å²) in [7, 11) is 0. The Morgan fingerprint density at radius 1 is 0.968 bits per heavy atom. The van der Waals surface area contributed by atoms with E-state index in [1.165, 1.54) is 0 Å². The van der Waals surface area contributed by atoms with E-state index in [1.807, 2.05) is 6.07 Å². The van der Waals surface area contributed by atoms with Crippen molar-refractivity contribution < 1.29 is 23.8 Å². The molecule has 0 fully saturated rings. The molecule has 8 heteroatoms. The Bertz CT molecular complexity index is 1170. The predicted molar refractivity (Wildman–Crippen MR) is 112 cm³/mol. The molecule has 2 amide bonds. The molecule has 3 aromatic rings. The first kappa shape index (κ1) is 19.8. The van der Waals surface area contributed by atoms with Gasteiger partial charge in [0.15, 0.2) is 18.1 Å². The average Bonchev–Trinajstić information content (AvgIpc) is 3.26. The monoisotopic (exact) mass is 415 g/mol. The van der Waals surface area contributed by atoms with Gasteiger partial charge in [0.25, 0.3) is 11.8 Å². The maximum absolute atomic E-state index is 12.8. The molecule has 0 unspecified atom stereocenters. The quantitative estimate of drug-likeness (QED) is 0.637. The number of nitrogens with zero attached hydrogens (tertiary/aromatic N) is 1. The molecule has 1 aliphatic heterocycles. The van der Waals surface area contributed by atoms with Crippen molar-refractivity contribution in [3.63, 3.8) is 0 Å². The molecular weight excluding hydrogens is 398 g/mol. The van der Waals surface area contributed by atoms with Gasteiger partial charge in [-0.1, -0.05) is 12.1 Å². The predicted octanol–water partition coefficient (Wildman–Crippen LogP) is 3.56. The van der Waals surface area contributed by atoms with Gasteiger partial charge in [-0.2, -0.15) is 5.26 Å². The standard InChI is InChI=1S/C23H17N3O5/c24-12-15-5-8-17(9-6-15)29-13-22(27)26-19-4-2-1-3-18(19)23(28)25-16-7-10-20-21(11-16)31-14-30-20/h1-11H,13-14H2,(H,25,28)(H,26,27). The van der Waals surface area contributed by atoms with Crippen LogP contribution in [0.1, 0.15) is 15.9 Å². The Morgan fingerprint density at radius 3 is 2.55 bits per heavy atom. The number of hydrogen-bond donors (Lipinski definition) is 2. The van der Waals surface area contributed by atoms with Gasteiger partial charge in [-0.05, 0) is 48.5 Å². The van der Waals surface area contributed by atoms with E-state index in [4.69, 9.17) is 19.5 Å². The Balaban J connectivity index is 1.39. The number of para-hydroxylation sites is 1. The molecule has 0 bridgehead atoms. The fourth-order valence-electron chi connectivity index (χ4n) is 2.92. The van der Waals surface area contributed by atoms with Gasteiger partial charge in [-0.3, -0.25) is 9.59 Å². The van der Waals surface area contributed by atoms with Gasteiger partial charge in [-0.15, -0.1) is 0 Å². The zero-order chi connectivity index (χ0) is 21.6. The summed E-state index contributed by atoms with van der Waals surface area (Å²) in [6, 6.07) is 20.2. The zero-order valence-corrected chi connectivity index (χ0v) is 16.3. The third-order valence-corrected chi connectivity index (χ3v) is 4.43. The molecule has 4 rings (SSSR count). The van der Waals surface area contributed by atoms with Gasteiger partial charge in [0.1, 0.15) is 5.75 Å². The molecule has 0 radical (unpaired) electrons. The maximum Gasteiger partial charge on any atom is 0.262 e. The van der Waals surface area contributed by atoms with Crippen LogP contribution < -0.4 is 24.8 Å². The Morgan fingerprint density at radius 2 is 1.74 bits per heavy atom. The topological polar surface area (TPSA) is 110 Å². The molecule has 31 heavy (non-hydrogen) atoms. The van der Waals surface area contributed by atoms with E-state index >= 15 is 0 Å². The number of carbonyl (C=O) groups is 2. The van der Waals surface area contributed by atoms with E-state index in [1.54, 1.807) is 66.7 Å². The first-order valence-electron chi connectivity index (χ1n) is 9.35. The smallest absolute Gasteiger partial charge is 0.262 e. The van der Waals surface area contributed by atoms with Crippen molar-refractivity contribution in [2.75, 3.05) is 24.0 Å². The normalized spacial score (nSPS) is 11.3. The fraction of sp³-hybridized carbons (Fsp3) is 0.0870. The number of amides is 2. The van der Waals surface area contributed by atoms with Crippen molar-refractivity contribution in [1.82, 2.24) is 0 Å². The average molecular weight is 415 g/mol. The number of fused-ring (bicyclic) bond motifs is 1. The second-order valence-electron chi connectivity index (χ2n) is 6.54. The molecule has 3 aromatic carbocycles. The van der Waals surface area contributed by atoms with Crippen LogP contribution in [-0.2, 0) is 4.79 Å². The van der Waals surface area contributed by atoms with Crippen molar-refractivity contribution in [1.29, 1.82) is 5.26 Å². The summed E-state index contributed by atoms with van der Waals surface area (Å²) >= 11 is 0. The van der Waals surface area contributed by atoms with Gasteiger partial charge in [0.05, 0.1) is 22.9 Å². The Labute approximate surface area is 178 Å². The third kappa shape index (κ3) is 4.74. The Kier molecular flexibility index (Phi) is 5.67. The van der Waals surface area contributed by atoms with Crippen LogP contribution in [0.25, 0.3) is 0 Å². The van der Waals surface area contributed by atoms with Crippen molar-refractivity contribution in [2.24, 2.45) is 0 Å². The first-order chi connectivity index (χ1) is 15.1. The Hall–Kier alpha value is -4.51. The highest BCUT2D eigenvalue weighted by molar-refractivity contribution is 6.10. The van der Waals surface area contributed by atoms with Crippen LogP contribution in [0.2, 0.25) is 0 Å². The molecule has 0 aliphatic carbocycles.